The SMILES string of the molecule is Cc1cccc(COc2c(F)cc(C=O)cc2F)n1. The standard InChI is InChI=1S/C14H11F2NO2/c1-9-3-2-4-11(17-9)8-19-14-12(15)5-10(7-18)6-13(14)16/h2-7H,8H2,1H3. The maximum atomic E-state index is 13.5. The number of rotatable bonds is 4. The molecule has 0 radical (unpaired) electrons. The number of hydrogen-bond donors (Lipinski definition) is 0. The van der Waals surface area contributed by atoms with Crippen molar-refractivity contribution < 1.29 is 18.3 Å². The molecule has 0 aliphatic heterocycles. The summed E-state index contributed by atoms with van der Waals surface area (Å²) in [4.78, 5) is 14.6. The summed E-state index contributed by atoms with van der Waals surface area (Å²) < 4.78 is 32.2. The molecule has 0 unspecified atom stereocenters. The van der Waals surface area contributed by atoms with E-state index in [0.29, 0.717) is 12.0 Å². The molecule has 1 aromatic carbocycles. The van der Waals surface area contributed by atoms with E-state index in [4.69, 9.17) is 4.74 Å². The average Bonchev–Trinajstić information content (AvgIpc) is 2.37. The lowest BCUT2D eigenvalue weighted by Crippen LogP contribution is -2.03. The van der Waals surface area contributed by atoms with Crippen molar-refractivity contribution in [3.8, 4) is 5.75 Å². The fourth-order valence-corrected chi connectivity index (χ4v) is 1.61. The average molecular weight is 263 g/mol. The van der Waals surface area contributed by atoms with Gasteiger partial charge in [0.25, 0.3) is 0 Å². The Labute approximate surface area is 108 Å². The molecule has 1 aromatic heterocycles. The molecule has 0 bridgehead atoms. The highest BCUT2D eigenvalue weighted by Crippen LogP contribution is 2.23. The molecular formula is C14H11F2NO2. The topological polar surface area (TPSA) is 39.2 Å². The monoisotopic (exact) mass is 263 g/mol. The molecule has 5 heteroatoms. The van der Waals surface area contributed by atoms with Gasteiger partial charge >= 0.3 is 0 Å². The number of pyridine rings is 1. The number of ether oxygens (including phenoxy) is 1. The molecule has 19 heavy (non-hydrogen) atoms. The summed E-state index contributed by atoms with van der Waals surface area (Å²) in [6.07, 6.45) is 0.373. The molecule has 0 aliphatic rings. The summed E-state index contributed by atoms with van der Waals surface area (Å²) >= 11 is 0. The van der Waals surface area contributed by atoms with Gasteiger partial charge in [0.05, 0.1) is 5.69 Å². The zero-order valence-electron chi connectivity index (χ0n) is 10.2. The highest BCUT2D eigenvalue weighted by molar-refractivity contribution is 5.75. The van der Waals surface area contributed by atoms with Crippen LogP contribution < -0.4 is 4.74 Å². The van der Waals surface area contributed by atoms with Crippen molar-refractivity contribution in [1.29, 1.82) is 0 Å². The molecule has 98 valence electrons. The molecule has 0 N–H and O–H groups in total. The number of carbonyl (C=O) groups excluding carboxylic acids is 1. The van der Waals surface area contributed by atoms with Gasteiger partial charge in [-0.3, -0.25) is 9.78 Å². The van der Waals surface area contributed by atoms with Crippen LogP contribution in [0.1, 0.15) is 21.7 Å². The van der Waals surface area contributed by atoms with Crippen molar-refractivity contribution in [1.82, 2.24) is 4.98 Å². The third-order valence-corrected chi connectivity index (χ3v) is 2.47. The summed E-state index contributed by atoms with van der Waals surface area (Å²) in [6.45, 7) is 1.76. The second-order valence-electron chi connectivity index (χ2n) is 3.99. The van der Waals surface area contributed by atoms with Crippen LogP contribution in [0.25, 0.3) is 0 Å². The van der Waals surface area contributed by atoms with E-state index < -0.39 is 17.4 Å². The minimum Gasteiger partial charge on any atom is -0.481 e. The first-order valence-electron chi connectivity index (χ1n) is 5.59. The minimum atomic E-state index is -0.908. The van der Waals surface area contributed by atoms with Gasteiger partial charge in [-0.2, -0.15) is 0 Å². The fraction of sp³-hybridized carbons (Fsp3) is 0.143. The van der Waals surface area contributed by atoms with Gasteiger partial charge in [-0.25, -0.2) is 8.78 Å². The smallest absolute Gasteiger partial charge is 0.191 e. The predicted molar refractivity (Wildman–Crippen MR) is 65.1 cm³/mol. The number of hydrogen-bond acceptors (Lipinski definition) is 3. The van der Waals surface area contributed by atoms with Crippen LogP contribution >= 0.6 is 0 Å². The van der Waals surface area contributed by atoms with Crippen LogP contribution in [0.2, 0.25) is 0 Å². The highest BCUT2D eigenvalue weighted by atomic mass is 19.1. The first kappa shape index (κ1) is 13.1. The Kier molecular flexibility index (Phi) is 3.85. The van der Waals surface area contributed by atoms with Gasteiger partial charge in [-0.05, 0) is 31.2 Å². The van der Waals surface area contributed by atoms with Gasteiger partial charge in [-0.15, -0.1) is 0 Å². The third-order valence-electron chi connectivity index (χ3n) is 2.47. The van der Waals surface area contributed by atoms with E-state index in [0.717, 1.165) is 17.8 Å². The van der Waals surface area contributed by atoms with Gasteiger partial charge in [0, 0.05) is 11.3 Å². The molecule has 0 spiro atoms. The number of aryl methyl sites for hydroxylation is 1. The highest BCUT2D eigenvalue weighted by Gasteiger charge is 2.13. The van der Waals surface area contributed by atoms with E-state index in [9.17, 15) is 13.6 Å². The molecule has 2 rings (SSSR count). The summed E-state index contributed by atoms with van der Waals surface area (Å²) in [5.41, 5.74) is 1.28. The predicted octanol–water partition coefficient (Wildman–Crippen LogP) is 3.06. The van der Waals surface area contributed by atoms with E-state index in [-0.39, 0.29) is 12.2 Å². The fourth-order valence-electron chi connectivity index (χ4n) is 1.61. The van der Waals surface area contributed by atoms with Crippen LogP contribution in [-0.4, -0.2) is 11.3 Å². The number of aromatic nitrogens is 1. The second kappa shape index (κ2) is 5.56. The summed E-state index contributed by atoms with van der Waals surface area (Å²) in [7, 11) is 0. The molecule has 0 fully saturated rings. The Balaban J connectivity index is 2.18. The van der Waals surface area contributed by atoms with Crippen LogP contribution in [0, 0.1) is 18.6 Å². The van der Waals surface area contributed by atoms with Crippen LogP contribution in [0.4, 0.5) is 8.78 Å². The second-order valence-corrected chi connectivity index (χ2v) is 3.99. The molecule has 0 atom stereocenters. The molecule has 1 heterocycles. The Hall–Kier alpha value is -2.30. The first-order chi connectivity index (χ1) is 9.10. The summed E-state index contributed by atoms with van der Waals surface area (Å²) in [5, 5.41) is 0. The van der Waals surface area contributed by atoms with Crippen molar-refractivity contribution >= 4 is 6.29 Å². The van der Waals surface area contributed by atoms with Crippen LogP contribution in [0.5, 0.6) is 5.75 Å². The maximum Gasteiger partial charge on any atom is 0.191 e. The van der Waals surface area contributed by atoms with Crippen molar-refractivity contribution in [2.24, 2.45) is 0 Å². The number of nitrogens with zero attached hydrogens (tertiary/aromatic N) is 1. The van der Waals surface area contributed by atoms with Crippen molar-refractivity contribution in [3.05, 3.63) is 58.9 Å². The molecule has 0 amide bonds. The number of carbonyl (C=O) groups is 1. The lowest BCUT2D eigenvalue weighted by molar-refractivity contribution is 0.112. The minimum absolute atomic E-state index is 0.0457. The third kappa shape index (κ3) is 3.13. The molecule has 3 nitrogen and oxygen atoms in total. The maximum absolute atomic E-state index is 13.5. The van der Waals surface area contributed by atoms with Gasteiger partial charge in [0.2, 0.25) is 0 Å². The molecule has 2 aromatic rings. The Bertz CT molecular complexity index is 591. The van der Waals surface area contributed by atoms with Crippen LogP contribution in [-0.2, 0) is 6.61 Å². The Morgan fingerprint density at radius 2 is 1.95 bits per heavy atom. The van der Waals surface area contributed by atoms with Gasteiger partial charge in [-0.1, -0.05) is 6.07 Å². The number of halogens is 2. The zero-order chi connectivity index (χ0) is 13.8. The first-order valence-corrected chi connectivity index (χ1v) is 5.59. The van der Waals surface area contributed by atoms with Crippen LogP contribution in [0.15, 0.2) is 30.3 Å². The normalized spacial score (nSPS) is 10.3. The summed E-state index contributed by atoms with van der Waals surface area (Å²) in [5.74, 6) is -2.32. The molecule has 0 aliphatic carbocycles. The van der Waals surface area contributed by atoms with Gasteiger partial charge in [0.15, 0.2) is 17.4 Å². The van der Waals surface area contributed by atoms with Crippen molar-refractivity contribution in [2.75, 3.05) is 0 Å². The van der Waals surface area contributed by atoms with Crippen LogP contribution in [0.3, 0.4) is 0 Å². The van der Waals surface area contributed by atoms with E-state index in [1.165, 1.54) is 0 Å². The quantitative estimate of drug-likeness (QED) is 0.796. The molecular weight excluding hydrogens is 252 g/mol. The zero-order valence-corrected chi connectivity index (χ0v) is 10.2. The van der Waals surface area contributed by atoms with E-state index >= 15 is 0 Å². The van der Waals surface area contributed by atoms with Crippen molar-refractivity contribution in [2.45, 2.75) is 13.5 Å². The van der Waals surface area contributed by atoms with Gasteiger partial charge < -0.3 is 4.74 Å². The van der Waals surface area contributed by atoms with Crippen molar-refractivity contribution in [3.63, 3.8) is 0 Å². The van der Waals surface area contributed by atoms with E-state index in [2.05, 4.69) is 4.98 Å². The molecule has 0 saturated heterocycles. The van der Waals surface area contributed by atoms with Gasteiger partial charge in [0.1, 0.15) is 12.9 Å². The molecule has 0 saturated carbocycles. The Morgan fingerprint density at radius 1 is 1.26 bits per heavy atom. The van der Waals surface area contributed by atoms with E-state index in [1.807, 2.05) is 13.0 Å². The Morgan fingerprint density at radius 3 is 2.53 bits per heavy atom. The lowest BCUT2D eigenvalue weighted by Gasteiger charge is -2.08. The largest absolute Gasteiger partial charge is 0.481 e. The lowest BCUT2D eigenvalue weighted by atomic mass is 10.2. The van der Waals surface area contributed by atoms with E-state index in [1.54, 1.807) is 12.1 Å². The number of aldehydes is 1. The summed E-state index contributed by atoms with van der Waals surface area (Å²) in [6, 6.07) is 7.14. The number of benzene rings is 1.